The molecule has 2 rings (SSSR count). The van der Waals surface area contributed by atoms with Gasteiger partial charge in [0.1, 0.15) is 6.07 Å². The lowest BCUT2D eigenvalue weighted by atomic mass is 10.1. The quantitative estimate of drug-likeness (QED) is 0.715. The molecule has 5 heteroatoms. The molecule has 0 spiro atoms. The topological polar surface area (TPSA) is 70.8 Å². The lowest BCUT2D eigenvalue weighted by Crippen LogP contribution is -2.08. The van der Waals surface area contributed by atoms with Crippen molar-refractivity contribution < 1.29 is 8.42 Å². The van der Waals surface area contributed by atoms with Crippen LogP contribution >= 0.6 is 0 Å². The number of nitrogens with zero attached hydrogens (tertiary/aromatic N) is 2. The van der Waals surface area contributed by atoms with Crippen LogP contribution in [-0.2, 0) is 9.84 Å². The van der Waals surface area contributed by atoms with Gasteiger partial charge >= 0.3 is 0 Å². The van der Waals surface area contributed by atoms with Gasteiger partial charge in [0.25, 0.3) is 0 Å². The summed E-state index contributed by atoms with van der Waals surface area (Å²) in [7, 11) is -3.01. The van der Waals surface area contributed by atoms with Crippen LogP contribution in [-0.4, -0.2) is 19.2 Å². The van der Waals surface area contributed by atoms with Gasteiger partial charge in [-0.1, -0.05) is 0 Å². The highest BCUT2D eigenvalue weighted by Crippen LogP contribution is 2.34. The molecule has 0 aliphatic carbocycles. The average molecular weight is 222 g/mol. The molecular weight excluding hydrogens is 212 g/mol. The molecule has 2 heterocycles. The molecule has 1 aliphatic heterocycles. The van der Waals surface area contributed by atoms with Gasteiger partial charge in [0, 0.05) is 12.4 Å². The van der Waals surface area contributed by atoms with Gasteiger partial charge in [-0.05, 0) is 24.5 Å². The van der Waals surface area contributed by atoms with Gasteiger partial charge in [0.15, 0.2) is 9.84 Å². The van der Waals surface area contributed by atoms with Crippen molar-refractivity contribution in [1.82, 2.24) is 4.98 Å². The third-order valence-corrected chi connectivity index (χ3v) is 4.82. The summed E-state index contributed by atoms with van der Waals surface area (Å²) in [4.78, 5) is 3.88. The van der Waals surface area contributed by atoms with Crippen molar-refractivity contribution in [2.75, 3.05) is 5.75 Å². The molecule has 78 valence electrons. The molecule has 4 nitrogen and oxygen atoms in total. The van der Waals surface area contributed by atoms with Gasteiger partial charge in [-0.3, -0.25) is 4.98 Å². The minimum absolute atomic E-state index is 0.244. The van der Waals surface area contributed by atoms with Crippen molar-refractivity contribution in [1.29, 1.82) is 5.26 Å². The molecule has 1 aromatic rings. The van der Waals surface area contributed by atoms with Crippen LogP contribution in [0.15, 0.2) is 18.5 Å². The molecule has 1 atom stereocenters. The number of sulfone groups is 1. The van der Waals surface area contributed by atoms with E-state index in [2.05, 4.69) is 4.98 Å². The molecule has 1 aliphatic rings. The molecule has 0 N–H and O–H groups in total. The van der Waals surface area contributed by atoms with Crippen molar-refractivity contribution in [2.24, 2.45) is 0 Å². The zero-order valence-corrected chi connectivity index (χ0v) is 8.87. The minimum Gasteiger partial charge on any atom is -0.263 e. The Labute approximate surface area is 88.5 Å². The predicted octanol–water partition coefficient (Wildman–Crippen LogP) is 1.20. The van der Waals surface area contributed by atoms with Crippen LogP contribution in [0.2, 0.25) is 0 Å². The maximum absolute atomic E-state index is 11.7. The number of nitriles is 1. The smallest absolute Gasteiger partial charge is 0.157 e. The maximum atomic E-state index is 11.7. The fraction of sp³-hybridized carbons (Fsp3) is 0.400. The molecule has 1 aromatic heterocycles. The van der Waals surface area contributed by atoms with Crippen LogP contribution in [0, 0.1) is 11.3 Å². The van der Waals surface area contributed by atoms with Gasteiger partial charge in [0.2, 0.25) is 0 Å². The van der Waals surface area contributed by atoms with E-state index in [1.54, 1.807) is 6.07 Å². The standard InChI is InChI=1S/C10H10N2O2S/c11-5-8-4-9(7-12-6-8)10-2-1-3-15(10,13)14/h4,6-7,10H,1-3H2. The largest absolute Gasteiger partial charge is 0.263 e. The summed E-state index contributed by atoms with van der Waals surface area (Å²) >= 11 is 0. The summed E-state index contributed by atoms with van der Waals surface area (Å²) < 4.78 is 23.3. The number of hydrogen-bond acceptors (Lipinski definition) is 4. The second-order valence-corrected chi connectivity index (χ2v) is 5.92. The first-order chi connectivity index (χ1) is 7.13. The Morgan fingerprint density at radius 2 is 2.27 bits per heavy atom. The molecule has 0 aromatic carbocycles. The highest BCUT2D eigenvalue weighted by Gasteiger charge is 2.32. The van der Waals surface area contributed by atoms with Gasteiger partial charge in [-0.2, -0.15) is 5.26 Å². The predicted molar refractivity (Wildman–Crippen MR) is 54.7 cm³/mol. The van der Waals surface area contributed by atoms with Gasteiger partial charge in [-0.25, -0.2) is 8.42 Å². The monoisotopic (exact) mass is 222 g/mol. The van der Waals surface area contributed by atoms with E-state index in [1.807, 2.05) is 6.07 Å². The summed E-state index contributed by atoms with van der Waals surface area (Å²) in [5, 5.41) is 8.24. The number of hydrogen-bond donors (Lipinski definition) is 0. The molecule has 0 amide bonds. The van der Waals surface area contributed by atoms with Crippen molar-refractivity contribution in [3.8, 4) is 6.07 Å². The molecule has 0 saturated carbocycles. The van der Waals surface area contributed by atoms with Crippen LogP contribution in [0.5, 0.6) is 0 Å². The maximum Gasteiger partial charge on any atom is 0.157 e. The highest BCUT2D eigenvalue weighted by molar-refractivity contribution is 7.91. The van der Waals surface area contributed by atoms with E-state index in [1.165, 1.54) is 12.4 Å². The van der Waals surface area contributed by atoms with Crippen molar-refractivity contribution in [3.63, 3.8) is 0 Å². The lowest BCUT2D eigenvalue weighted by molar-refractivity contribution is 0.592. The normalized spacial score (nSPS) is 23.5. The summed E-state index contributed by atoms with van der Waals surface area (Å²) in [6.07, 6.45) is 4.31. The summed E-state index contributed by atoms with van der Waals surface area (Å²) in [6, 6.07) is 3.57. The van der Waals surface area contributed by atoms with E-state index in [0.29, 0.717) is 24.0 Å². The highest BCUT2D eigenvalue weighted by atomic mass is 32.2. The molecular formula is C10H10N2O2S. The Bertz CT molecular complexity index is 516. The first-order valence-corrected chi connectivity index (χ1v) is 6.41. The molecule has 15 heavy (non-hydrogen) atoms. The van der Waals surface area contributed by atoms with Crippen molar-refractivity contribution in [3.05, 3.63) is 29.6 Å². The minimum atomic E-state index is -3.01. The summed E-state index contributed by atoms with van der Waals surface area (Å²) in [6.45, 7) is 0. The lowest BCUT2D eigenvalue weighted by Gasteiger charge is -2.08. The zero-order valence-electron chi connectivity index (χ0n) is 8.05. The third kappa shape index (κ3) is 1.85. The zero-order chi connectivity index (χ0) is 10.9. The average Bonchev–Trinajstić information content (AvgIpc) is 2.58. The van der Waals surface area contributed by atoms with Gasteiger partial charge < -0.3 is 0 Å². The van der Waals surface area contributed by atoms with Gasteiger partial charge in [0.05, 0.1) is 16.6 Å². The molecule has 0 bridgehead atoms. The molecule has 1 fully saturated rings. The van der Waals surface area contributed by atoms with E-state index >= 15 is 0 Å². The van der Waals surface area contributed by atoms with E-state index in [4.69, 9.17) is 5.26 Å². The first kappa shape index (κ1) is 10.1. The summed E-state index contributed by atoms with van der Waals surface area (Å²) in [5.74, 6) is 0.244. The number of pyridine rings is 1. The van der Waals surface area contributed by atoms with Crippen LogP contribution in [0.1, 0.15) is 29.2 Å². The molecule has 0 radical (unpaired) electrons. The summed E-state index contributed by atoms with van der Waals surface area (Å²) in [5.41, 5.74) is 1.06. The molecule has 1 unspecified atom stereocenters. The van der Waals surface area contributed by atoms with E-state index < -0.39 is 15.1 Å². The fourth-order valence-electron chi connectivity index (χ4n) is 1.86. The van der Waals surface area contributed by atoms with Crippen LogP contribution < -0.4 is 0 Å². The van der Waals surface area contributed by atoms with Crippen molar-refractivity contribution >= 4 is 9.84 Å². The van der Waals surface area contributed by atoms with Crippen LogP contribution in [0.4, 0.5) is 0 Å². The number of aromatic nitrogens is 1. The Balaban J connectivity index is 2.43. The fourth-order valence-corrected chi connectivity index (χ4v) is 3.78. The Kier molecular flexibility index (Phi) is 2.45. The number of rotatable bonds is 1. The van der Waals surface area contributed by atoms with E-state index in [-0.39, 0.29) is 5.75 Å². The van der Waals surface area contributed by atoms with Gasteiger partial charge in [-0.15, -0.1) is 0 Å². The Hall–Kier alpha value is -1.41. The third-order valence-electron chi connectivity index (χ3n) is 2.59. The molecule has 1 saturated heterocycles. The SMILES string of the molecule is N#Cc1cncc(C2CCCS2(=O)=O)c1. The second kappa shape index (κ2) is 3.63. The Morgan fingerprint density at radius 3 is 2.87 bits per heavy atom. The Morgan fingerprint density at radius 1 is 1.47 bits per heavy atom. The van der Waals surface area contributed by atoms with Crippen LogP contribution in [0.25, 0.3) is 0 Å². The first-order valence-electron chi connectivity index (χ1n) is 4.70. The van der Waals surface area contributed by atoms with Crippen molar-refractivity contribution in [2.45, 2.75) is 18.1 Å². The van der Waals surface area contributed by atoms with Crippen LogP contribution in [0.3, 0.4) is 0 Å². The van der Waals surface area contributed by atoms with E-state index in [0.717, 1.165) is 0 Å². The second-order valence-electron chi connectivity index (χ2n) is 3.62. The van der Waals surface area contributed by atoms with E-state index in [9.17, 15) is 8.42 Å².